The van der Waals surface area contributed by atoms with Crippen LogP contribution in [0, 0.1) is 29.0 Å². The summed E-state index contributed by atoms with van der Waals surface area (Å²) in [5.41, 5.74) is 0.883. The first-order valence-corrected chi connectivity index (χ1v) is 10.3. The summed E-state index contributed by atoms with van der Waals surface area (Å²) in [7, 11) is 1.69. The fraction of sp³-hybridized carbons (Fsp3) is 0.636. The standard InChI is InChI=1S/C22H30FN3O2/c1-15-5-6-16(4-3-10-24)12-21(15)25-22(27)19-8-7-17(13-20(19)23)26-11-9-18(14-26)28-2/h7-8,13,15-16,18,21H,3-6,9,11-12,14H2,1-2H3,(H,25,27)/t15-,16?,18+,21-/m0/s1. The summed E-state index contributed by atoms with van der Waals surface area (Å²) in [6.45, 7) is 3.70. The molecule has 0 radical (unpaired) electrons. The van der Waals surface area contributed by atoms with Crippen molar-refractivity contribution in [3.05, 3.63) is 29.6 Å². The van der Waals surface area contributed by atoms with Crippen molar-refractivity contribution < 1.29 is 13.9 Å². The summed E-state index contributed by atoms with van der Waals surface area (Å²) in [5, 5.41) is 11.8. The van der Waals surface area contributed by atoms with E-state index in [0.29, 0.717) is 18.3 Å². The Bertz CT molecular complexity index is 733. The van der Waals surface area contributed by atoms with Crippen LogP contribution in [0.4, 0.5) is 10.1 Å². The van der Waals surface area contributed by atoms with Crippen molar-refractivity contribution in [3.63, 3.8) is 0 Å². The van der Waals surface area contributed by atoms with E-state index in [0.717, 1.165) is 50.9 Å². The van der Waals surface area contributed by atoms with Crippen LogP contribution in [-0.2, 0) is 4.74 Å². The fourth-order valence-corrected chi connectivity index (χ4v) is 4.43. The number of halogens is 1. The third-order valence-corrected chi connectivity index (χ3v) is 6.33. The lowest BCUT2D eigenvalue weighted by Crippen LogP contribution is -2.43. The summed E-state index contributed by atoms with van der Waals surface area (Å²) in [5.74, 6) is -0.0177. The van der Waals surface area contributed by atoms with Gasteiger partial charge >= 0.3 is 0 Å². The van der Waals surface area contributed by atoms with E-state index < -0.39 is 5.82 Å². The molecule has 0 aromatic heterocycles. The van der Waals surface area contributed by atoms with Crippen LogP contribution in [0.15, 0.2) is 18.2 Å². The first-order chi connectivity index (χ1) is 13.5. The molecular weight excluding hydrogens is 357 g/mol. The highest BCUT2D eigenvalue weighted by Gasteiger charge is 2.30. The Labute approximate surface area is 166 Å². The Morgan fingerprint density at radius 2 is 2.21 bits per heavy atom. The predicted molar refractivity (Wildman–Crippen MR) is 107 cm³/mol. The van der Waals surface area contributed by atoms with Crippen molar-refractivity contribution in [3.8, 4) is 6.07 Å². The lowest BCUT2D eigenvalue weighted by atomic mass is 9.77. The molecule has 3 rings (SSSR count). The molecule has 2 fully saturated rings. The average Bonchev–Trinajstić information content (AvgIpc) is 3.17. The van der Waals surface area contributed by atoms with Gasteiger partial charge in [0.2, 0.25) is 0 Å². The molecular formula is C22H30FN3O2. The van der Waals surface area contributed by atoms with E-state index in [-0.39, 0.29) is 23.6 Å². The number of benzene rings is 1. The van der Waals surface area contributed by atoms with Crippen LogP contribution in [0.25, 0.3) is 0 Å². The second kappa shape index (κ2) is 9.38. The third-order valence-electron chi connectivity index (χ3n) is 6.33. The zero-order valence-corrected chi connectivity index (χ0v) is 16.8. The lowest BCUT2D eigenvalue weighted by molar-refractivity contribution is 0.0889. The summed E-state index contributed by atoms with van der Waals surface area (Å²) in [6, 6.07) is 7.08. The van der Waals surface area contributed by atoms with Gasteiger partial charge in [-0.2, -0.15) is 5.26 Å². The molecule has 4 atom stereocenters. The van der Waals surface area contributed by atoms with Crippen molar-refractivity contribution in [2.45, 2.75) is 57.6 Å². The van der Waals surface area contributed by atoms with Gasteiger partial charge in [0.15, 0.2) is 0 Å². The molecule has 1 aliphatic heterocycles. The maximum absolute atomic E-state index is 14.7. The minimum atomic E-state index is -0.486. The Balaban J connectivity index is 1.63. The SMILES string of the molecule is CO[C@@H]1CCN(c2ccc(C(=O)N[C@H]3CC(CCC#N)CC[C@@H]3C)c(F)c2)C1. The minimum absolute atomic E-state index is 0.0325. The van der Waals surface area contributed by atoms with Crippen LogP contribution in [0.5, 0.6) is 0 Å². The monoisotopic (exact) mass is 387 g/mol. The molecule has 1 aromatic carbocycles. The molecule has 0 bridgehead atoms. The number of anilines is 1. The van der Waals surface area contributed by atoms with Crippen LogP contribution in [0.2, 0.25) is 0 Å². The second-order valence-corrected chi connectivity index (χ2v) is 8.19. The maximum Gasteiger partial charge on any atom is 0.254 e. The molecule has 1 saturated carbocycles. The zero-order chi connectivity index (χ0) is 20.1. The Hall–Kier alpha value is -2.13. The molecule has 1 aromatic rings. The largest absolute Gasteiger partial charge is 0.380 e. The Morgan fingerprint density at radius 3 is 2.89 bits per heavy atom. The number of hydrogen-bond donors (Lipinski definition) is 1. The highest BCUT2D eigenvalue weighted by Crippen LogP contribution is 2.32. The molecule has 1 unspecified atom stereocenters. The van der Waals surface area contributed by atoms with Crippen molar-refractivity contribution in [1.29, 1.82) is 5.26 Å². The molecule has 28 heavy (non-hydrogen) atoms. The number of hydrogen-bond acceptors (Lipinski definition) is 4. The number of carbonyl (C=O) groups is 1. The maximum atomic E-state index is 14.7. The first kappa shape index (κ1) is 20.6. The third kappa shape index (κ3) is 4.82. The molecule has 6 heteroatoms. The number of rotatable bonds is 6. The number of nitriles is 1. The summed E-state index contributed by atoms with van der Waals surface area (Å²) < 4.78 is 20.0. The summed E-state index contributed by atoms with van der Waals surface area (Å²) in [4.78, 5) is 14.8. The normalized spacial score (nSPS) is 27.4. The molecule has 1 saturated heterocycles. The number of carbonyl (C=O) groups excluding carboxylic acids is 1. The van der Waals surface area contributed by atoms with Gasteiger partial charge in [-0.25, -0.2) is 4.39 Å². The minimum Gasteiger partial charge on any atom is -0.380 e. The molecule has 5 nitrogen and oxygen atoms in total. The average molecular weight is 387 g/mol. The lowest BCUT2D eigenvalue weighted by Gasteiger charge is -2.34. The fourth-order valence-electron chi connectivity index (χ4n) is 4.43. The molecule has 1 N–H and O–H groups in total. The van der Waals surface area contributed by atoms with Crippen LogP contribution in [0.3, 0.4) is 0 Å². The van der Waals surface area contributed by atoms with E-state index in [4.69, 9.17) is 10.00 Å². The Kier molecular flexibility index (Phi) is 6.90. The van der Waals surface area contributed by atoms with Crippen molar-refractivity contribution in [2.75, 3.05) is 25.1 Å². The number of amides is 1. The van der Waals surface area contributed by atoms with E-state index in [1.165, 1.54) is 6.07 Å². The first-order valence-electron chi connectivity index (χ1n) is 10.3. The zero-order valence-electron chi connectivity index (χ0n) is 16.8. The van der Waals surface area contributed by atoms with E-state index in [1.54, 1.807) is 13.2 Å². The van der Waals surface area contributed by atoms with Gasteiger partial charge in [-0.3, -0.25) is 4.79 Å². The van der Waals surface area contributed by atoms with Gasteiger partial charge in [0.1, 0.15) is 5.82 Å². The quantitative estimate of drug-likeness (QED) is 0.804. The number of nitrogens with zero attached hydrogens (tertiary/aromatic N) is 2. The summed E-state index contributed by atoms with van der Waals surface area (Å²) >= 11 is 0. The molecule has 1 heterocycles. The van der Waals surface area contributed by atoms with Crippen molar-refractivity contribution in [2.24, 2.45) is 11.8 Å². The van der Waals surface area contributed by atoms with Gasteiger partial charge in [-0.05, 0) is 55.7 Å². The summed E-state index contributed by atoms with van der Waals surface area (Å²) in [6.07, 6.45) is 5.50. The second-order valence-electron chi connectivity index (χ2n) is 8.19. The van der Waals surface area contributed by atoms with Crippen molar-refractivity contribution >= 4 is 11.6 Å². The van der Waals surface area contributed by atoms with Gasteiger partial charge in [-0.1, -0.05) is 13.3 Å². The number of nitrogens with one attached hydrogen (secondary N) is 1. The number of methoxy groups -OCH3 is 1. The van der Waals surface area contributed by atoms with Crippen LogP contribution in [0.1, 0.15) is 55.8 Å². The topological polar surface area (TPSA) is 65.4 Å². The van der Waals surface area contributed by atoms with Gasteiger partial charge in [-0.15, -0.1) is 0 Å². The molecule has 0 spiro atoms. The predicted octanol–water partition coefficient (Wildman–Crippen LogP) is 3.89. The highest BCUT2D eigenvalue weighted by atomic mass is 19.1. The van der Waals surface area contributed by atoms with Gasteiger partial charge in [0.05, 0.1) is 17.7 Å². The van der Waals surface area contributed by atoms with Crippen LogP contribution >= 0.6 is 0 Å². The number of ether oxygens (including phenoxy) is 1. The molecule has 2 aliphatic rings. The van der Waals surface area contributed by atoms with Gasteiger partial charge in [0.25, 0.3) is 5.91 Å². The van der Waals surface area contributed by atoms with Gasteiger partial charge in [0, 0.05) is 38.3 Å². The Morgan fingerprint density at radius 1 is 1.39 bits per heavy atom. The van der Waals surface area contributed by atoms with E-state index >= 15 is 0 Å². The van der Waals surface area contributed by atoms with E-state index in [2.05, 4.69) is 23.2 Å². The van der Waals surface area contributed by atoms with Crippen LogP contribution in [-0.4, -0.2) is 38.3 Å². The van der Waals surface area contributed by atoms with Crippen molar-refractivity contribution in [1.82, 2.24) is 5.32 Å². The van der Waals surface area contributed by atoms with Crippen LogP contribution < -0.4 is 10.2 Å². The molecule has 152 valence electrons. The smallest absolute Gasteiger partial charge is 0.254 e. The van der Waals surface area contributed by atoms with E-state index in [9.17, 15) is 9.18 Å². The molecule has 1 amide bonds. The van der Waals surface area contributed by atoms with E-state index in [1.807, 2.05) is 6.07 Å². The highest BCUT2D eigenvalue weighted by molar-refractivity contribution is 5.95. The van der Waals surface area contributed by atoms with Gasteiger partial charge < -0.3 is 15.0 Å². The molecule has 1 aliphatic carbocycles.